The molecule has 0 atom stereocenters. The van der Waals surface area contributed by atoms with E-state index in [-0.39, 0.29) is 5.91 Å². The second-order valence-corrected chi connectivity index (χ2v) is 6.66. The molecular formula is C20H21N5O2. The minimum Gasteiger partial charge on any atom is -0.364 e. The Kier molecular flexibility index (Phi) is 4.27. The molecular weight excluding hydrogens is 342 g/mol. The molecule has 1 aromatic carbocycles. The van der Waals surface area contributed by atoms with E-state index in [9.17, 15) is 9.59 Å². The normalized spacial score (nSPS) is 13.9. The highest BCUT2D eigenvalue weighted by Crippen LogP contribution is 2.25. The van der Waals surface area contributed by atoms with Gasteiger partial charge in [-0.3, -0.25) is 9.59 Å². The summed E-state index contributed by atoms with van der Waals surface area (Å²) in [6.07, 6.45) is 2.39. The second kappa shape index (κ2) is 6.75. The molecule has 0 radical (unpaired) electrons. The number of aromatic nitrogens is 3. The van der Waals surface area contributed by atoms with Crippen LogP contribution in [-0.4, -0.2) is 43.9 Å². The number of hydrogen-bond donors (Lipinski definition) is 1. The highest BCUT2D eigenvalue weighted by atomic mass is 16.2. The first-order chi connectivity index (χ1) is 13.1. The van der Waals surface area contributed by atoms with Gasteiger partial charge in [-0.15, -0.1) is 0 Å². The first-order valence-electron chi connectivity index (χ1n) is 8.91. The topological polar surface area (TPSA) is 86.2 Å². The summed E-state index contributed by atoms with van der Waals surface area (Å²) in [5.41, 5.74) is 8.24. The predicted octanol–water partition coefficient (Wildman–Crippen LogP) is 1.69. The van der Waals surface area contributed by atoms with Crippen LogP contribution in [0.25, 0.3) is 11.4 Å². The number of benzene rings is 1. The number of amides is 2. The Bertz CT molecular complexity index is 1000. The lowest BCUT2D eigenvalue weighted by molar-refractivity contribution is 0.0749. The quantitative estimate of drug-likeness (QED) is 0.768. The van der Waals surface area contributed by atoms with Gasteiger partial charge in [0.1, 0.15) is 17.2 Å². The summed E-state index contributed by atoms with van der Waals surface area (Å²) in [4.78, 5) is 31.1. The second-order valence-electron chi connectivity index (χ2n) is 6.66. The number of primary amides is 1. The molecule has 4 rings (SSSR count). The Morgan fingerprint density at radius 1 is 1.04 bits per heavy atom. The van der Waals surface area contributed by atoms with Gasteiger partial charge in [0.25, 0.3) is 11.8 Å². The maximum atomic E-state index is 12.9. The van der Waals surface area contributed by atoms with Crippen LogP contribution >= 0.6 is 0 Å². The fourth-order valence-electron chi connectivity index (χ4n) is 3.61. The van der Waals surface area contributed by atoms with Gasteiger partial charge in [-0.1, -0.05) is 30.3 Å². The van der Waals surface area contributed by atoms with Crippen LogP contribution in [0.5, 0.6) is 0 Å². The number of fused-ring (bicyclic) bond motifs is 1. The van der Waals surface area contributed by atoms with Gasteiger partial charge < -0.3 is 19.8 Å². The summed E-state index contributed by atoms with van der Waals surface area (Å²) >= 11 is 0. The zero-order valence-electron chi connectivity index (χ0n) is 15.1. The molecule has 7 heteroatoms. The van der Waals surface area contributed by atoms with E-state index in [1.807, 2.05) is 69.7 Å². The molecule has 0 saturated heterocycles. The molecule has 1 aliphatic heterocycles. The van der Waals surface area contributed by atoms with Crippen molar-refractivity contribution >= 4 is 11.8 Å². The van der Waals surface area contributed by atoms with Crippen molar-refractivity contribution < 1.29 is 9.59 Å². The van der Waals surface area contributed by atoms with Crippen molar-refractivity contribution in [3.8, 4) is 11.4 Å². The molecule has 0 fully saturated rings. The number of rotatable bonds is 3. The Morgan fingerprint density at radius 3 is 2.48 bits per heavy atom. The molecule has 0 saturated carbocycles. The molecule has 7 nitrogen and oxygen atoms in total. The fourth-order valence-corrected chi connectivity index (χ4v) is 3.61. The number of carbonyl (C=O) groups excluding carboxylic acids is 2. The van der Waals surface area contributed by atoms with Crippen LogP contribution in [-0.2, 0) is 20.0 Å². The Labute approximate surface area is 157 Å². The molecule has 1 aliphatic rings. The van der Waals surface area contributed by atoms with Crippen molar-refractivity contribution in [1.82, 2.24) is 19.0 Å². The van der Waals surface area contributed by atoms with E-state index in [0.717, 1.165) is 11.3 Å². The molecule has 0 bridgehead atoms. The van der Waals surface area contributed by atoms with Gasteiger partial charge in [0.05, 0.1) is 5.69 Å². The minimum absolute atomic E-state index is 0.0110. The third-order valence-electron chi connectivity index (χ3n) is 5.00. The van der Waals surface area contributed by atoms with Crippen molar-refractivity contribution in [2.45, 2.75) is 13.0 Å². The third kappa shape index (κ3) is 3.01. The maximum Gasteiger partial charge on any atom is 0.270 e. The number of carbonyl (C=O) groups is 2. The third-order valence-corrected chi connectivity index (χ3v) is 5.00. The Hall–Kier alpha value is -3.35. The average Bonchev–Trinajstić information content (AvgIpc) is 3.19. The van der Waals surface area contributed by atoms with Gasteiger partial charge in [-0.25, -0.2) is 4.98 Å². The molecule has 0 spiro atoms. The largest absolute Gasteiger partial charge is 0.364 e. The van der Waals surface area contributed by atoms with Crippen LogP contribution in [0.15, 0.2) is 48.7 Å². The van der Waals surface area contributed by atoms with Crippen molar-refractivity contribution in [2.75, 3.05) is 13.1 Å². The monoisotopic (exact) mass is 363 g/mol. The summed E-state index contributed by atoms with van der Waals surface area (Å²) in [7, 11) is 1.86. The summed E-state index contributed by atoms with van der Waals surface area (Å²) in [5.74, 6) is 0.166. The minimum atomic E-state index is -0.539. The van der Waals surface area contributed by atoms with Crippen LogP contribution in [0.1, 0.15) is 26.7 Å². The van der Waals surface area contributed by atoms with Gasteiger partial charge in [-0.2, -0.15) is 0 Å². The van der Waals surface area contributed by atoms with Crippen molar-refractivity contribution in [3.63, 3.8) is 0 Å². The van der Waals surface area contributed by atoms with E-state index in [1.54, 1.807) is 0 Å². The van der Waals surface area contributed by atoms with Crippen LogP contribution in [0, 0.1) is 0 Å². The highest BCUT2D eigenvalue weighted by Gasteiger charge is 2.27. The number of nitrogens with zero attached hydrogens (tertiary/aromatic N) is 4. The molecule has 0 aliphatic carbocycles. The lowest BCUT2D eigenvalue weighted by Gasteiger charge is -2.20. The van der Waals surface area contributed by atoms with Crippen molar-refractivity contribution in [2.24, 2.45) is 12.8 Å². The van der Waals surface area contributed by atoms with E-state index in [4.69, 9.17) is 5.73 Å². The van der Waals surface area contributed by atoms with Gasteiger partial charge in [-0.05, 0) is 12.1 Å². The fraction of sp³-hybridized carbons (Fsp3) is 0.250. The Balaban J connectivity index is 1.69. The number of nitrogens with two attached hydrogens (primary N) is 1. The van der Waals surface area contributed by atoms with Crippen molar-refractivity contribution in [3.05, 3.63) is 65.7 Å². The summed E-state index contributed by atoms with van der Waals surface area (Å²) in [5, 5.41) is 0. The lowest BCUT2D eigenvalue weighted by Crippen LogP contribution is -2.34. The van der Waals surface area contributed by atoms with Crippen LogP contribution in [0.2, 0.25) is 0 Å². The van der Waals surface area contributed by atoms with E-state index in [0.29, 0.717) is 43.3 Å². The lowest BCUT2D eigenvalue weighted by atomic mass is 10.2. The number of hydrogen-bond acceptors (Lipinski definition) is 3. The zero-order valence-corrected chi connectivity index (χ0v) is 15.1. The highest BCUT2D eigenvalue weighted by molar-refractivity contribution is 5.94. The molecule has 2 N–H and O–H groups in total. The predicted molar refractivity (Wildman–Crippen MR) is 101 cm³/mol. The van der Waals surface area contributed by atoms with Gasteiger partial charge in [0, 0.05) is 44.9 Å². The van der Waals surface area contributed by atoms with Gasteiger partial charge in [0.2, 0.25) is 0 Å². The maximum absolute atomic E-state index is 12.9. The van der Waals surface area contributed by atoms with E-state index >= 15 is 0 Å². The average molecular weight is 363 g/mol. The summed E-state index contributed by atoms with van der Waals surface area (Å²) < 4.78 is 3.84. The molecule has 2 aromatic heterocycles. The molecule has 3 aromatic rings. The summed E-state index contributed by atoms with van der Waals surface area (Å²) in [6, 6.07) is 13.4. The van der Waals surface area contributed by atoms with E-state index in [1.165, 1.54) is 0 Å². The first-order valence-corrected chi connectivity index (χ1v) is 8.91. The zero-order chi connectivity index (χ0) is 19.0. The van der Waals surface area contributed by atoms with Crippen molar-refractivity contribution in [1.29, 1.82) is 0 Å². The number of imidazole rings is 1. The van der Waals surface area contributed by atoms with Gasteiger partial charge >= 0.3 is 0 Å². The van der Waals surface area contributed by atoms with Crippen LogP contribution < -0.4 is 5.73 Å². The first kappa shape index (κ1) is 17.1. The standard InChI is InChI=1S/C20H21N5O2/c1-23-10-5-8-16(23)20(27)24-11-9-15-17(18(21)26)22-19(25(15)13-12-24)14-6-3-2-4-7-14/h2-8,10H,9,11-13H2,1H3,(H2,21,26). The van der Waals surface area contributed by atoms with Crippen LogP contribution in [0.4, 0.5) is 0 Å². The summed E-state index contributed by atoms with van der Waals surface area (Å²) in [6.45, 7) is 1.63. The SMILES string of the molecule is Cn1cccc1C(=O)N1CCc2c(C(N)=O)nc(-c3ccccc3)n2CC1. The molecule has 138 valence electrons. The van der Waals surface area contributed by atoms with Crippen LogP contribution in [0.3, 0.4) is 0 Å². The van der Waals surface area contributed by atoms with Gasteiger partial charge in [0.15, 0.2) is 0 Å². The molecule has 2 amide bonds. The molecule has 0 unspecified atom stereocenters. The van der Waals surface area contributed by atoms with E-state index in [2.05, 4.69) is 4.98 Å². The number of aryl methyl sites for hydroxylation is 1. The smallest absolute Gasteiger partial charge is 0.270 e. The Morgan fingerprint density at radius 2 is 1.81 bits per heavy atom. The van der Waals surface area contributed by atoms with E-state index < -0.39 is 5.91 Å². The molecule has 27 heavy (non-hydrogen) atoms. The molecule has 3 heterocycles.